The van der Waals surface area contributed by atoms with E-state index in [2.05, 4.69) is 0 Å². The Balaban J connectivity index is 1.99. The second-order valence-corrected chi connectivity index (χ2v) is 4.96. The minimum Gasteiger partial charge on any atom is -0.487 e. The summed E-state index contributed by atoms with van der Waals surface area (Å²) in [5.74, 6) is 0.238. The summed E-state index contributed by atoms with van der Waals surface area (Å²) in [5.41, 5.74) is 1.88. The Bertz CT molecular complexity index is 651. The molecule has 0 bridgehead atoms. The van der Waals surface area contributed by atoms with Crippen LogP contribution in [0.3, 0.4) is 0 Å². The van der Waals surface area contributed by atoms with E-state index in [4.69, 9.17) is 21.1 Å². The van der Waals surface area contributed by atoms with Crippen LogP contribution >= 0.6 is 11.6 Å². The third kappa shape index (κ3) is 4.93. The van der Waals surface area contributed by atoms with Crippen molar-refractivity contribution in [2.75, 3.05) is 6.61 Å². The van der Waals surface area contributed by atoms with E-state index in [-0.39, 0.29) is 5.97 Å². The number of rotatable bonds is 6. The lowest BCUT2D eigenvalue weighted by Gasteiger charge is -2.08. The van der Waals surface area contributed by atoms with Crippen molar-refractivity contribution in [1.29, 1.82) is 0 Å². The molecule has 0 radical (unpaired) electrons. The molecule has 3 nitrogen and oxygen atoms in total. The number of benzene rings is 2. The Kier molecular flexibility index (Phi) is 6.04. The van der Waals surface area contributed by atoms with Gasteiger partial charge in [0.1, 0.15) is 12.4 Å². The molecule has 0 N–H and O–H groups in total. The van der Waals surface area contributed by atoms with Gasteiger partial charge in [-0.1, -0.05) is 48.0 Å². The Morgan fingerprint density at radius 3 is 2.64 bits per heavy atom. The van der Waals surface area contributed by atoms with Gasteiger partial charge >= 0.3 is 5.97 Å². The van der Waals surface area contributed by atoms with Gasteiger partial charge in [0.05, 0.1) is 11.6 Å². The molecule has 0 atom stereocenters. The molecule has 2 rings (SSSR count). The molecule has 0 amide bonds. The van der Waals surface area contributed by atoms with E-state index in [0.29, 0.717) is 24.0 Å². The quantitative estimate of drug-likeness (QED) is 0.581. The zero-order chi connectivity index (χ0) is 15.8. The van der Waals surface area contributed by atoms with Crippen LogP contribution in [0.2, 0.25) is 5.02 Å². The van der Waals surface area contributed by atoms with E-state index in [1.165, 1.54) is 6.08 Å². The molecule has 0 aliphatic carbocycles. The van der Waals surface area contributed by atoms with Crippen LogP contribution in [0, 0.1) is 0 Å². The SMILES string of the molecule is CCOC(=O)/C=C/c1ccc(OCc2ccccc2)c(Cl)c1. The fourth-order valence-corrected chi connectivity index (χ4v) is 2.07. The molecular formula is C18H17ClO3. The predicted molar refractivity (Wildman–Crippen MR) is 87.9 cm³/mol. The van der Waals surface area contributed by atoms with Crippen LogP contribution in [0.25, 0.3) is 6.08 Å². The highest BCUT2D eigenvalue weighted by Crippen LogP contribution is 2.26. The van der Waals surface area contributed by atoms with E-state index in [1.807, 2.05) is 36.4 Å². The molecule has 4 heteroatoms. The van der Waals surface area contributed by atoms with E-state index in [1.54, 1.807) is 25.1 Å². The first-order valence-corrected chi connectivity index (χ1v) is 7.38. The second kappa shape index (κ2) is 8.25. The van der Waals surface area contributed by atoms with E-state index in [0.717, 1.165) is 11.1 Å². The largest absolute Gasteiger partial charge is 0.487 e. The van der Waals surface area contributed by atoms with Gasteiger partial charge in [-0.25, -0.2) is 4.79 Å². The number of carbonyl (C=O) groups is 1. The minimum atomic E-state index is -0.372. The molecule has 0 spiro atoms. The molecular weight excluding hydrogens is 300 g/mol. The maximum atomic E-state index is 11.3. The van der Waals surface area contributed by atoms with Crippen LogP contribution in [-0.2, 0) is 16.1 Å². The first kappa shape index (κ1) is 16.1. The van der Waals surface area contributed by atoms with E-state index in [9.17, 15) is 4.79 Å². The smallest absolute Gasteiger partial charge is 0.330 e. The lowest BCUT2D eigenvalue weighted by molar-refractivity contribution is -0.137. The number of hydrogen-bond acceptors (Lipinski definition) is 3. The average molecular weight is 317 g/mol. The van der Waals surface area contributed by atoms with Gasteiger partial charge in [0.25, 0.3) is 0 Å². The van der Waals surface area contributed by atoms with Gasteiger partial charge < -0.3 is 9.47 Å². The van der Waals surface area contributed by atoms with Crippen molar-refractivity contribution < 1.29 is 14.3 Å². The number of hydrogen-bond donors (Lipinski definition) is 0. The fourth-order valence-electron chi connectivity index (χ4n) is 1.83. The molecule has 0 saturated heterocycles. The summed E-state index contributed by atoms with van der Waals surface area (Å²) in [6.45, 7) is 2.58. The van der Waals surface area contributed by atoms with Gasteiger partial charge in [0, 0.05) is 6.08 Å². The van der Waals surface area contributed by atoms with Gasteiger partial charge in [-0.05, 0) is 36.3 Å². The fraction of sp³-hybridized carbons (Fsp3) is 0.167. The van der Waals surface area contributed by atoms with E-state index >= 15 is 0 Å². The maximum Gasteiger partial charge on any atom is 0.330 e. The number of esters is 1. The highest BCUT2D eigenvalue weighted by molar-refractivity contribution is 6.32. The van der Waals surface area contributed by atoms with Crippen LogP contribution in [0.4, 0.5) is 0 Å². The molecule has 114 valence electrons. The monoisotopic (exact) mass is 316 g/mol. The molecule has 0 saturated carbocycles. The zero-order valence-corrected chi connectivity index (χ0v) is 13.0. The number of ether oxygens (including phenoxy) is 2. The van der Waals surface area contributed by atoms with Gasteiger partial charge in [-0.2, -0.15) is 0 Å². The summed E-state index contributed by atoms with van der Waals surface area (Å²) in [7, 11) is 0. The molecule has 0 heterocycles. The Morgan fingerprint density at radius 2 is 1.95 bits per heavy atom. The molecule has 0 fully saturated rings. The van der Waals surface area contributed by atoms with Crippen LogP contribution < -0.4 is 4.74 Å². The van der Waals surface area contributed by atoms with Crippen LogP contribution in [0.1, 0.15) is 18.1 Å². The molecule has 2 aromatic rings. The van der Waals surface area contributed by atoms with Crippen LogP contribution in [-0.4, -0.2) is 12.6 Å². The summed E-state index contributed by atoms with van der Waals surface area (Å²) in [6.07, 6.45) is 3.03. The lowest BCUT2D eigenvalue weighted by atomic mass is 10.2. The van der Waals surface area contributed by atoms with Crippen molar-refractivity contribution in [3.05, 3.63) is 70.8 Å². The molecule has 0 unspecified atom stereocenters. The van der Waals surface area contributed by atoms with Crippen molar-refractivity contribution in [2.45, 2.75) is 13.5 Å². The van der Waals surface area contributed by atoms with Gasteiger partial charge in [-0.3, -0.25) is 0 Å². The van der Waals surface area contributed by atoms with Gasteiger partial charge in [-0.15, -0.1) is 0 Å². The predicted octanol–water partition coefficient (Wildman–Crippen LogP) is 4.50. The minimum absolute atomic E-state index is 0.357. The van der Waals surface area contributed by atoms with Crippen LogP contribution in [0.5, 0.6) is 5.75 Å². The van der Waals surface area contributed by atoms with Gasteiger partial charge in [0.2, 0.25) is 0 Å². The lowest BCUT2D eigenvalue weighted by Crippen LogP contribution is -1.98. The van der Waals surface area contributed by atoms with E-state index < -0.39 is 0 Å². The Hall–Kier alpha value is -2.26. The van der Waals surface area contributed by atoms with Crippen molar-refractivity contribution >= 4 is 23.6 Å². The summed E-state index contributed by atoms with van der Waals surface area (Å²) in [6, 6.07) is 15.2. The maximum absolute atomic E-state index is 11.3. The average Bonchev–Trinajstić information content (AvgIpc) is 2.53. The summed E-state index contributed by atoms with van der Waals surface area (Å²) >= 11 is 6.20. The summed E-state index contributed by atoms with van der Waals surface area (Å²) in [5, 5.41) is 0.502. The molecule has 0 aliphatic heterocycles. The number of carbonyl (C=O) groups excluding carboxylic acids is 1. The zero-order valence-electron chi connectivity index (χ0n) is 12.3. The molecule has 0 aromatic heterocycles. The first-order chi connectivity index (χ1) is 10.7. The third-order valence-electron chi connectivity index (χ3n) is 2.89. The summed E-state index contributed by atoms with van der Waals surface area (Å²) < 4.78 is 10.5. The van der Waals surface area contributed by atoms with Crippen molar-refractivity contribution in [1.82, 2.24) is 0 Å². The topological polar surface area (TPSA) is 35.5 Å². The highest BCUT2D eigenvalue weighted by atomic mass is 35.5. The van der Waals surface area contributed by atoms with Crippen LogP contribution in [0.15, 0.2) is 54.6 Å². The highest BCUT2D eigenvalue weighted by Gasteiger charge is 2.03. The second-order valence-electron chi connectivity index (χ2n) is 4.55. The van der Waals surface area contributed by atoms with Crippen molar-refractivity contribution in [3.8, 4) is 5.75 Å². The molecule has 2 aromatic carbocycles. The normalized spacial score (nSPS) is 10.6. The molecule has 22 heavy (non-hydrogen) atoms. The Morgan fingerprint density at radius 1 is 1.18 bits per heavy atom. The first-order valence-electron chi connectivity index (χ1n) is 7.00. The standard InChI is InChI=1S/C18H17ClO3/c1-2-21-18(20)11-9-14-8-10-17(16(19)12-14)22-13-15-6-4-3-5-7-15/h3-12H,2,13H2,1H3/b11-9+. The van der Waals surface area contributed by atoms with Crippen molar-refractivity contribution in [2.24, 2.45) is 0 Å². The molecule has 0 aliphatic rings. The van der Waals surface area contributed by atoms with Crippen molar-refractivity contribution in [3.63, 3.8) is 0 Å². The number of halogens is 1. The van der Waals surface area contributed by atoms with Gasteiger partial charge in [0.15, 0.2) is 0 Å². The third-order valence-corrected chi connectivity index (χ3v) is 3.19. The Labute approximate surface area is 135 Å². The summed E-state index contributed by atoms with van der Waals surface area (Å²) in [4.78, 5) is 11.3.